The highest BCUT2D eigenvalue weighted by molar-refractivity contribution is 5.43. The van der Waals surface area contributed by atoms with Crippen molar-refractivity contribution in [1.29, 1.82) is 0 Å². The topological polar surface area (TPSA) is 43.8 Å². The Morgan fingerprint density at radius 2 is 2.00 bits per heavy atom. The number of aryl methyl sites for hydroxylation is 2. The summed E-state index contributed by atoms with van der Waals surface area (Å²) >= 11 is 0. The summed E-state index contributed by atoms with van der Waals surface area (Å²) in [6.45, 7) is 6.67. The van der Waals surface area contributed by atoms with Gasteiger partial charge < -0.3 is 5.73 Å². The van der Waals surface area contributed by atoms with Gasteiger partial charge in [-0.2, -0.15) is 5.10 Å². The Balaban J connectivity index is 2.77. The van der Waals surface area contributed by atoms with Crippen LogP contribution in [-0.4, -0.2) is 9.78 Å². The van der Waals surface area contributed by atoms with Crippen LogP contribution in [0.5, 0.6) is 0 Å². The first-order valence-electron chi connectivity index (χ1n) is 6.36. The van der Waals surface area contributed by atoms with Gasteiger partial charge in [0.1, 0.15) is 5.82 Å². The predicted molar refractivity (Wildman–Crippen MR) is 69.4 cm³/mol. The van der Waals surface area contributed by atoms with Crippen molar-refractivity contribution in [3.05, 3.63) is 11.3 Å². The monoisotopic (exact) mass is 223 g/mol. The van der Waals surface area contributed by atoms with E-state index in [1.165, 1.54) is 30.5 Å². The van der Waals surface area contributed by atoms with Crippen LogP contribution in [0.1, 0.15) is 51.3 Å². The molecular weight excluding hydrogens is 198 g/mol. The maximum atomic E-state index is 6.06. The van der Waals surface area contributed by atoms with Gasteiger partial charge in [-0.05, 0) is 25.2 Å². The molecule has 0 aliphatic rings. The second-order valence-corrected chi connectivity index (χ2v) is 4.99. The molecule has 3 heteroatoms. The predicted octanol–water partition coefficient (Wildman–Crippen LogP) is 2.93. The van der Waals surface area contributed by atoms with E-state index in [1.54, 1.807) is 0 Å². The summed E-state index contributed by atoms with van der Waals surface area (Å²) in [5, 5.41) is 4.53. The zero-order valence-electron chi connectivity index (χ0n) is 11.1. The van der Waals surface area contributed by atoms with Crippen molar-refractivity contribution in [2.24, 2.45) is 13.0 Å². The molecule has 3 nitrogen and oxygen atoms in total. The Bertz CT molecular complexity index is 326. The second kappa shape index (κ2) is 5.92. The average Bonchev–Trinajstić information content (AvgIpc) is 2.46. The SMILES string of the molecule is CCCCCc1nn(C)c(N)c1CC(C)C. The van der Waals surface area contributed by atoms with Crippen LogP contribution >= 0.6 is 0 Å². The highest BCUT2D eigenvalue weighted by atomic mass is 15.3. The van der Waals surface area contributed by atoms with Gasteiger partial charge in [0.2, 0.25) is 0 Å². The average molecular weight is 223 g/mol. The van der Waals surface area contributed by atoms with E-state index in [1.807, 2.05) is 11.7 Å². The molecule has 0 bridgehead atoms. The molecule has 0 saturated carbocycles. The van der Waals surface area contributed by atoms with Gasteiger partial charge in [-0.3, -0.25) is 4.68 Å². The quantitative estimate of drug-likeness (QED) is 0.754. The standard InChI is InChI=1S/C13H25N3/c1-5-6-7-8-12-11(9-10(2)3)13(14)16(4)15-12/h10H,5-9,14H2,1-4H3. The molecule has 0 unspecified atom stereocenters. The zero-order chi connectivity index (χ0) is 12.1. The number of nitrogens with zero attached hydrogens (tertiary/aromatic N) is 2. The molecule has 0 aliphatic carbocycles. The second-order valence-electron chi connectivity index (χ2n) is 4.99. The van der Waals surface area contributed by atoms with Crippen LogP contribution in [0.4, 0.5) is 5.82 Å². The number of nitrogen functional groups attached to an aromatic ring is 1. The third kappa shape index (κ3) is 3.26. The molecular formula is C13H25N3. The van der Waals surface area contributed by atoms with Gasteiger partial charge >= 0.3 is 0 Å². The van der Waals surface area contributed by atoms with Crippen LogP contribution in [0, 0.1) is 5.92 Å². The molecule has 1 aromatic heterocycles. The number of hydrogen-bond acceptors (Lipinski definition) is 2. The maximum Gasteiger partial charge on any atom is 0.124 e. The summed E-state index contributed by atoms with van der Waals surface area (Å²) in [6.07, 6.45) is 5.86. The Labute approximate surface area is 99.0 Å². The van der Waals surface area contributed by atoms with Crippen molar-refractivity contribution in [1.82, 2.24) is 9.78 Å². The number of unbranched alkanes of at least 4 members (excludes halogenated alkanes) is 2. The molecule has 16 heavy (non-hydrogen) atoms. The molecule has 0 amide bonds. The van der Waals surface area contributed by atoms with Gasteiger partial charge in [0.25, 0.3) is 0 Å². The van der Waals surface area contributed by atoms with Gasteiger partial charge in [0.15, 0.2) is 0 Å². The first kappa shape index (κ1) is 13.1. The molecule has 0 aromatic carbocycles. The normalized spacial score (nSPS) is 11.3. The summed E-state index contributed by atoms with van der Waals surface area (Å²) in [5.41, 5.74) is 8.54. The minimum absolute atomic E-state index is 0.636. The lowest BCUT2D eigenvalue weighted by molar-refractivity contribution is 0.636. The van der Waals surface area contributed by atoms with Crippen molar-refractivity contribution in [2.45, 2.75) is 52.9 Å². The summed E-state index contributed by atoms with van der Waals surface area (Å²) in [4.78, 5) is 0. The lowest BCUT2D eigenvalue weighted by Crippen LogP contribution is -2.02. The lowest BCUT2D eigenvalue weighted by atomic mass is 10.00. The van der Waals surface area contributed by atoms with E-state index in [-0.39, 0.29) is 0 Å². The first-order valence-corrected chi connectivity index (χ1v) is 6.36. The summed E-state index contributed by atoms with van der Waals surface area (Å²) in [6, 6.07) is 0. The van der Waals surface area contributed by atoms with Gasteiger partial charge in [-0.25, -0.2) is 0 Å². The molecule has 0 fully saturated rings. The Kier molecular flexibility index (Phi) is 4.84. The van der Waals surface area contributed by atoms with E-state index in [2.05, 4.69) is 25.9 Å². The van der Waals surface area contributed by atoms with E-state index in [9.17, 15) is 0 Å². The third-order valence-corrected chi connectivity index (χ3v) is 2.91. The first-order chi connectivity index (χ1) is 7.56. The van der Waals surface area contributed by atoms with E-state index >= 15 is 0 Å². The molecule has 0 radical (unpaired) electrons. The number of hydrogen-bond donors (Lipinski definition) is 1. The Hall–Kier alpha value is -0.990. The molecule has 0 atom stereocenters. The van der Waals surface area contributed by atoms with E-state index in [0.29, 0.717) is 5.92 Å². The lowest BCUT2D eigenvalue weighted by Gasteiger charge is -2.06. The van der Waals surface area contributed by atoms with Crippen molar-refractivity contribution in [3.63, 3.8) is 0 Å². The van der Waals surface area contributed by atoms with E-state index in [4.69, 9.17) is 5.73 Å². The summed E-state index contributed by atoms with van der Waals surface area (Å²) < 4.78 is 1.82. The van der Waals surface area contributed by atoms with E-state index < -0.39 is 0 Å². The molecule has 1 aromatic rings. The molecule has 0 saturated heterocycles. The smallest absolute Gasteiger partial charge is 0.124 e. The molecule has 2 N–H and O–H groups in total. The molecule has 1 heterocycles. The number of rotatable bonds is 6. The fraction of sp³-hybridized carbons (Fsp3) is 0.769. The minimum Gasteiger partial charge on any atom is -0.384 e. The summed E-state index contributed by atoms with van der Waals surface area (Å²) in [7, 11) is 1.93. The van der Waals surface area contributed by atoms with Crippen LogP contribution in [0.15, 0.2) is 0 Å². The molecule has 0 spiro atoms. The van der Waals surface area contributed by atoms with Crippen molar-refractivity contribution in [2.75, 3.05) is 5.73 Å². The van der Waals surface area contributed by atoms with Crippen LogP contribution < -0.4 is 5.73 Å². The van der Waals surface area contributed by atoms with Gasteiger partial charge in [-0.1, -0.05) is 33.6 Å². The Morgan fingerprint density at radius 3 is 2.56 bits per heavy atom. The highest BCUT2D eigenvalue weighted by Crippen LogP contribution is 2.21. The Morgan fingerprint density at radius 1 is 1.31 bits per heavy atom. The molecule has 1 rings (SSSR count). The zero-order valence-corrected chi connectivity index (χ0v) is 11.1. The van der Waals surface area contributed by atoms with Crippen LogP contribution in [-0.2, 0) is 19.9 Å². The van der Waals surface area contributed by atoms with Crippen molar-refractivity contribution in [3.8, 4) is 0 Å². The van der Waals surface area contributed by atoms with Crippen LogP contribution in [0.25, 0.3) is 0 Å². The largest absolute Gasteiger partial charge is 0.384 e. The summed E-state index contributed by atoms with van der Waals surface area (Å²) in [5.74, 6) is 1.48. The molecule has 92 valence electrons. The van der Waals surface area contributed by atoms with Gasteiger partial charge in [0.05, 0.1) is 5.69 Å². The number of nitrogens with two attached hydrogens (primary N) is 1. The van der Waals surface area contributed by atoms with Crippen molar-refractivity contribution < 1.29 is 0 Å². The fourth-order valence-corrected chi connectivity index (χ4v) is 2.01. The van der Waals surface area contributed by atoms with Crippen LogP contribution in [0.2, 0.25) is 0 Å². The molecule has 0 aliphatic heterocycles. The van der Waals surface area contributed by atoms with Crippen LogP contribution in [0.3, 0.4) is 0 Å². The minimum atomic E-state index is 0.636. The highest BCUT2D eigenvalue weighted by Gasteiger charge is 2.14. The maximum absolute atomic E-state index is 6.06. The van der Waals surface area contributed by atoms with Gasteiger partial charge in [-0.15, -0.1) is 0 Å². The van der Waals surface area contributed by atoms with E-state index in [0.717, 1.165) is 18.7 Å². The number of aromatic nitrogens is 2. The fourth-order valence-electron chi connectivity index (χ4n) is 2.01. The van der Waals surface area contributed by atoms with Crippen molar-refractivity contribution >= 4 is 5.82 Å². The third-order valence-electron chi connectivity index (χ3n) is 2.91. The van der Waals surface area contributed by atoms with Gasteiger partial charge in [0, 0.05) is 12.6 Å². The number of anilines is 1.